The third-order valence-electron chi connectivity index (χ3n) is 7.22. The topological polar surface area (TPSA) is 130 Å². The van der Waals surface area contributed by atoms with Crippen LogP contribution in [-0.4, -0.2) is 48.7 Å². The lowest BCUT2D eigenvalue weighted by molar-refractivity contribution is -0.384. The first kappa shape index (κ1) is 29.7. The van der Waals surface area contributed by atoms with Crippen LogP contribution in [0.25, 0.3) is 0 Å². The highest BCUT2D eigenvalue weighted by Crippen LogP contribution is 2.28. The van der Waals surface area contributed by atoms with Crippen LogP contribution in [0.1, 0.15) is 44.6 Å². The normalized spacial score (nSPS) is 14.3. The van der Waals surface area contributed by atoms with E-state index in [1.165, 1.54) is 35.2 Å². The van der Waals surface area contributed by atoms with Crippen molar-refractivity contribution >= 4 is 33.2 Å². The number of hydrogen-bond acceptors (Lipinski definition) is 6. The monoisotopic (exact) mass is 578 g/mol. The number of nitrogens with one attached hydrogen (secondary N) is 1. The molecule has 2 amide bonds. The van der Waals surface area contributed by atoms with Crippen LogP contribution < -0.4 is 9.62 Å². The number of hydrogen-bond donors (Lipinski definition) is 1. The quantitative estimate of drug-likeness (QED) is 0.246. The number of carbonyl (C=O) groups is 2. The summed E-state index contributed by atoms with van der Waals surface area (Å²) in [7, 11) is -4.31. The molecule has 216 valence electrons. The summed E-state index contributed by atoms with van der Waals surface area (Å²) in [5, 5.41) is 14.6. The van der Waals surface area contributed by atoms with Gasteiger partial charge in [-0.05, 0) is 43.0 Å². The molecule has 1 aliphatic carbocycles. The number of carbonyl (C=O) groups excluding carboxylic acids is 2. The van der Waals surface area contributed by atoms with Gasteiger partial charge >= 0.3 is 0 Å². The average Bonchev–Trinajstić information content (AvgIpc) is 3.49. The van der Waals surface area contributed by atoms with Gasteiger partial charge in [0.05, 0.1) is 15.5 Å². The first-order chi connectivity index (χ1) is 19.7. The lowest BCUT2D eigenvalue weighted by Gasteiger charge is -2.33. The van der Waals surface area contributed by atoms with E-state index in [0.29, 0.717) is 6.42 Å². The van der Waals surface area contributed by atoms with Crippen LogP contribution in [-0.2, 0) is 26.2 Å². The third kappa shape index (κ3) is 7.29. The number of nitro benzene ring substituents is 1. The van der Waals surface area contributed by atoms with E-state index in [2.05, 4.69) is 5.32 Å². The summed E-state index contributed by atoms with van der Waals surface area (Å²) in [4.78, 5) is 39.7. The van der Waals surface area contributed by atoms with Gasteiger partial charge in [-0.15, -0.1) is 0 Å². The second-order valence-corrected chi connectivity index (χ2v) is 11.9. The molecule has 11 heteroatoms. The molecule has 3 aromatic carbocycles. The average molecular weight is 579 g/mol. The highest BCUT2D eigenvalue weighted by molar-refractivity contribution is 7.92. The van der Waals surface area contributed by atoms with Crippen molar-refractivity contribution in [3.05, 3.63) is 101 Å². The Labute approximate surface area is 240 Å². The van der Waals surface area contributed by atoms with Crippen molar-refractivity contribution < 1.29 is 22.9 Å². The predicted octanol–water partition coefficient (Wildman–Crippen LogP) is 4.66. The summed E-state index contributed by atoms with van der Waals surface area (Å²) in [5.41, 5.74) is 0.437. The standard InChI is InChI=1S/C30H34N4O6S/c1-2-28(30(36)31-24-14-9-10-15-24)32(21-23-12-5-3-6-13-23)29(35)22-33(25-16-11-17-26(20-25)34(37)38)41(39,40)27-18-7-4-8-19-27/h3-8,11-13,16-20,24,28H,2,9-10,14-15,21-22H2,1H3,(H,31,36). The highest BCUT2D eigenvalue weighted by Gasteiger charge is 2.34. The number of amides is 2. The van der Waals surface area contributed by atoms with Crippen molar-refractivity contribution in [1.29, 1.82) is 0 Å². The van der Waals surface area contributed by atoms with Gasteiger partial charge in [-0.3, -0.25) is 24.0 Å². The lowest BCUT2D eigenvalue weighted by Crippen LogP contribution is -2.53. The zero-order valence-electron chi connectivity index (χ0n) is 22.9. The molecule has 0 radical (unpaired) electrons. The van der Waals surface area contributed by atoms with Crippen molar-refractivity contribution in [2.24, 2.45) is 0 Å². The Morgan fingerprint density at radius 3 is 2.22 bits per heavy atom. The highest BCUT2D eigenvalue weighted by atomic mass is 32.2. The SMILES string of the molecule is CCC(C(=O)NC1CCCC1)N(Cc1ccccc1)C(=O)CN(c1cccc([N+](=O)[O-])c1)S(=O)(=O)c1ccccc1. The van der Waals surface area contributed by atoms with Crippen LogP contribution in [0.15, 0.2) is 89.8 Å². The summed E-state index contributed by atoms with van der Waals surface area (Å²) in [6, 6.07) is 21.1. The largest absolute Gasteiger partial charge is 0.352 e. The number of rotatable bonds is 12. The number of benzene rings is 3. The summed E-state index contributed by atoms with van der Waals surface area (Å²) in [5.74, 6) is -0.884. The molecule has 1 saturated carbocycles. The molecule has 1 unspecified atom stereocenters. The molecule has 1 fully saturated rings. The number of sulfonamides is 1. The lowest BCUT2D eigenvalue weighted by atomic mass is 10.1. The van der Waals surface area contributed by atoms with Crippen LogP contribution in [0, 0.1) is 10.1 Å². The van der Waals surface area contributed by atoms with Crippen LogP contribution in [0.3, 0.4) is 0 Å². The van der Waals surface area contributed by atoms with Crippen LogP contribution >= 0.6 is 0 Å². The minimum Gasteiger partial charge on any atom is -0.352 e. The van der Waals surface area contributed by atoms with Gasteiger partial charge in [0.25, 0.3) is 15.7 Å². The molecule has 4 rings (SSSR count). The molecule has 1 aliphatic rings. The predicted molar refractivity (Wildman–Crippen MR) is 156 cm³/mol. The van der Waals surface area contributed by atoms with Crippen LogP contribution in [0.2, 0.25) is 0 Å². The van der Waals surface area contributed by atoms with Crippen molar-refractivity contribution in [3.63, 3.8) is 0 Å². The van der Waals surface area contributed by atoms with E-state index in [-0.39, 0.29) is 34.8 Å². The van der Waals surface area contributed by atoms with E-state index in [0.717, 1.165) is 41.6 Å². The Morgan fingerprint density at radius 2 is 1.61 bits per heavy atom. The van der Waals surface area contributed by atoms with E-state index in [1.54, 1.807) is 18.2 Å². The molecule has 1 atom stereocenters. The number of non-ortho nitro benzene ring substituents is 1. The number of anilines is 1. The van der Waals surface area contributed by atoms with Gasteiger partial charge in [0.2, 0.25) is 11.8 Å². The van der Waals surface area contributed by atoms with Gasteiger partial charge < -0.3 is 10.2 Å². The number of nitro groups is 1. The maximum Gasteiger partial charge on any atom is 0.271 e. The number of nitrogens with zero attached hydrogens (tertiary/aromatic N) is 3. The molecular formula is C30H34N4O6S. The maximum atomic E-state index is 14.1. The second kappa shape index (κ2) is 13.4. The van der Waals surface area contributed by atoms with Crippen molar-refractivity contribution in [3.8, 4) is 0 Å². The zero-order chi connectivity index (χ0) is 29.4. The fourth-order valence-corrected chi connectivity index (χ4v) is 6.50. The third-order valence-corrected chi connectivity index (χ3v) is 9.01. The Kier molecular flexibility index (Phi) is 9.72. The van der Waals surface area contributed by atoms with Crippen molar-refractivity contribution in [2.45, 2.75) is 62.6 Å². The van der Waals surface area contributed by atoms with Crippen LogP contribution in [0.5, 0.6) is 0 Å². The first-order valence-corrected chi connectivity index (χ1v) is 15.1. The summed E-state index contributed by atoms with van der Waals surface area (Å²) >= 11 is 0. The molecule has 0 heterocycles. The molecule has 0 bridgehead atoms. The minimum atomic E-state index is -4.31. The van der Waals surface area contributed by atoms with E-state index < -0.39 is 33.4 Å². The smallest absolute Gasteiger partial charge is 0.271 e. The fourth-order valence-electron chi connectivity index (χ4n) is 5.08. The molecule has 3 aromatic rings. The van der Waals surface area contributed by atoms with Gasteiger partial charge in [-0.2, -0.15) is 0 Å². The van der Waals surface area contributed by atoms with Gasteiger partial charge in [0.1, 0.15) is 12.6 Å². The first-order valence-electron chi connectivity index (χ1n) is 13.7. The van der Waals surface area contributed by atoms with Crippen molar-refractivity contribution in [2.75, 3.05) is 10.8 Å². The molecule has 0 aliphatic heterocycles. The van der Waals surface area contributed by atoms with E-state index in [4.69, 9.17) is 0 Å². The second-order valence-electron chi connectivity index (χ2n) is 10.0. The minimum absolute atomic E-state index is 0.0282. The molecule has 10 nitrogen and oxygen atoms in total. The van der Waals surface area contributed by atoms with Gasteiger partial charge in [0.15, 0.2) is 0 Å². The Balaban J connectivity index is 1.72. The van der Waals surface area contributed by atoms with E-state index >= 15 is 0 Å². The zero-order valence-corrected chi connectivity index (χ0v) is 23.7. The summed E-state index contributed by atoms with van der Waals surface area (Å²) in [6.45, 7) is 1.24. The Morgan fingerprint density at radius 1 is 0.976 bits per heavy atom. The fraction of sp³-hybridized carbons (Fsp3) is 0.333. The molecular weight excluding hydrogens is 544 g/mol. The van der Waals surface area contributed by atoms with Gasteiger partial charge in [-0.25, -0.2) is 8.42 Å². The van der Waals surface area contributed by atoms with Crippen molar-refractivity contribution in [1.82, 2.24) is 10.2 Å². The molecule has 1 N–H and O–H groups in total. The van der Waals surface area contributed by atoms with Gasteiger partial charge in [0, 0.05) is 24.7 Å². The van der Waals surface area contributed by atoms with E-state index in [1.807, 2.05) is 37.3 Å². The molecule has 41 heavy (non-hydrogen) atoms. The molecule has 0 spiro atoms. The molecule has 0 aromatic heterocycles. The maximum absolute atomic E-state index is 14.1. The Hall–Kier alpha value is -4.25. The van der Waals surface area contributed by atoms with Crippen LogP contribution in [0.4, 0.5) is 11.4 Å². The Bertz CT molecular complexity index is 1460. The summed E-state index contributed by atoms with van der Waals surface area (Å²) in [6.07, 6.45) is 4.14. The van der Waals surface area contributed by atoms with Gasteiger partial charge in [-0.1, -0.05) is 74.4 Å². The van der Waals surface area contributed by atoms with E-state index in [9.17, 15) is 28.1 Å². The molecule has 0 saturated heterocycles. The summed E-state index contributed by atoms with van der Waals surface area (Å²) < 4.78 is 28.6.